The van der Waals surface area contributed by atoms with Crippen molar-refractivity contribution in [1.29, 1.82) is 0 Å². The number of nitrogens with zero attached hydrogens (tertiary/aromatic N) is 2. The average Bonchev–Trinajstić information content (AvgIpc) is 2.97. The van der Waals surface area contributed by atoms with Crippen LogP contribution in [-0.2, 0) is 0 Å². The highest BCUT2D eigenvalue weighted by Gasteiger charge is 2.14. The molecule has 0 aliphatic carbocycles. The summed E-state index contributed by atoms with van der Waals surface area (Å²) in [7, 11) is 0. The second-order valence-electron chi connectivity index (χ2n) is 4.10. The van der Waals surface area contributed by atoms with Crippen LogP contribution in [0.5, 0.6) is 0 Å². The molecule has 0 fully saturated rings. The fraction of sp³-hybridized carbons (Fsp3) is 0.0769. The predicted molar refractivity (Wildman–Crippen MR) is 64.2 cm³/mol. The summed E-state index contributed by atoms with van der Waals surface area (Å²) in [5.41, 5.74) is 1.88. The van der Waals surface area contributed by atoms with Crippen LogP contribution in [0.1, 0.15) is 5.69 Å². The second-order valence-corrected chi connectivity index (χ2v) is 4.10. The highest BCUT2D eigenvalue weighted by molar-refractivity contribution is 5.62. The minimum Gasteiger partial charge on any atom is -0.443 e. The predicted octanol–water partition coefficient (Wildman–Crippen LogP) is 3.32. The van der Waals surface area contributed by atoms with Crippen molar-refractivity contribution in [2.45, 2.75) is 6.92 Å². The summed E-state index contributed by atoms with van der Waals surface area (Å²) in [5, 5.41) is 6.76. The zero-order valence-corrected chi connectivity index (χ0v) is 9.95. The number of oxazole rings is 1. The molecule has 96 valence electrons. The van der Waals surface area contributed by atoms with Crippen LogP contribution in [0.4, 0.5) is 8.78 Å². The zero-order valence-electron chi connectivity index (χ0n) is 9.95. The molecule has 0 aliphatic rings. The van der Waals surface area contributed by atoms with E-state index in [0.717, 1.165) is 11.8 Å². The number of nitrogens with one attached hydrogen (secondary N) is 1. The van der Waals surface area contributed by atoms with Gasteiger partial charge < -0.3 is 4.42 Å². The number of hydrogen-bond acceptors (Lipinski definition) is 3. The van der Waals surface area contributed by atoms with Crippen LogP contribution in [0.3, 0.4) is 0 Å². The van der Waals surface area contributed by atoms with Crippen molar-refractivity contribution in [2.75, 3.05) is 0 Å². The van der Waals surface area contributed by atoms with E-state index in [1.807, 2.05) is 6.92 Å². The van der Waals surface area contributed by atoms with Crippen molar-refractivity contribution in [1.82, 2.24) is 15.2 Å². The van der Waals surface area contributed by atoms with Crippen LogP contribution in [0, 0.1) is 18.6 Å². The molecule has 0 radical (unpaired) electrons. The molecule has 0 aliphatic heterocycles. The Bertz CT molecular complexity index is 733. The first kappa shape index (κ1) is 11.6. The lowest BCUT2D eigenvalue weighted by Gasteiger charge is -1.97. The van der Waals surface area contributed by atoms with Gasteiger partial charge in [0.2, 0.25) is 5.89 Å². The quantitative estimate of drug-likeness (QED) is 0.769. The number of aryl methyl sites for hydroxylation is 1. The van der Waals surface area contributed by atoms with Crippen molar-refractivity contribution in [3.63, 3.8) is 0 Å². The van der Waals surface area contributed by atoms with E-state index in [9.17, 15) is 8.78 Å². The fourth-order valence-corrected chi connectivity index (χ4v) is 1.74. The lowest BCUT2D eigenvalue weighted by molar-refractivity contribution is 0.571. The number of aromatic amines is 1. The second kappa shape index (κ2) is 4.31. The molecule has 0 amide bonds. The molecule has 6 heteroatoms. The summed E-state index contributed by atoms with van der Waals surface area (Å²) in [5.74, 6) is -1.03. The van der Waals surface area contributed by atoms with E-state index >= 15 is 0 Å². The minimum atomic E-state index is -0.682. The maximum absolute atomic E-state index is 13.6. The Hall–Kier alpha value is -2.50. The summed E-state index contributed by atoms with van der Waals surface area (Å²) in [4.78, 5) is 4.14. The smallest absolute Gasteiger partial charge is 0.247 e. The van der Waals surface area contributed by atoms with Crippen LogP contribution < -0.4 is 0 Å². The number of benzene rings is 1. The van der Waals surface area contributed by atoms with Gasteiger partial charge in [0.15, 0.2) is 0 Å². The molecular formula is C13H9F2N3O. The summed E-state index contributed by atoms with van der Waals surface area (Å²) in [6.45, 7) is 1.85. The minimum absolute atomic E-state index is 0.184. The summed E-state index contributed by atoms with van der Waals surface area (Å²) >= 11 is 0. The van der Waals surface area contributed by atoms with Crippen molar-refractivity contribution in [2.24, 2.45) is 0 Å². The van der Waals surface area contributed by atoms with Crippen LogP contribution in [-0.4, -0.2) is 15.2 Å². The van der Waals surface area contributed by atoms with Gasteiger partial charge in [-0.3, -0.25) is 5.10 Å². The molecule has 1 aromatic carbocycles. The van der Waals surface area contributed by atoms with E-state index in [1.54, 1.807) is 6.07 Å². The SMILES string of the molecule is Cc1cc(-c2nc(-c3ccc(F)cc3F)co2)n[nH]1. The normalized spacial score (nSPS) is 10.9. The molecule has 1 N–H and O–H groups in total. The van der Waals surface area contributed by atoms with E-state index < -0.39 is 11.6 Å². The third-order valence-electron chi connectivity index (χ3n) is 2.64. The molecule has 4 nitrogen and oxygen atoms in total. The Labute approximate surface area is 107 Å². The standard InChI is InChI=1S/C13H9F2N3O/c1-7-4-11(18-17-7)13-16-12(6-19-13)9-3-2-8(14)5-10(9)15/h2-6H,1H3,(H,17,18). The third kappa shape index (κ3) is 2.12. The Balaban J connectivity index is 2.01. The highest BCUT2D eigenvalue weighted by Crippen LogP contribution is 2.26. The largest absolute Gasteiger partial charge is 0.443 e. The Morgan fingerprint density at radius 2 is 2.00 bits per heavy atom. The van der Waals surface area contributed by atoms with Crippen LogP contribution >= 0.6 is 0 Å². The molecule has 0 unspecified atom stereocenters. The van der Waals surface area contributed by atoms with Gasteiger partial charge in [0.25, 0.3) is 0 Å². The van der Waals surface area contributed by atoms with Crippen molar-refractivity contribution >= 4 is 0 Å². The first-order chi connectivity index (χ1) is 9.13. The molecule has 19 heavy (non-hydrogen) atoms. The van der Waals surface area contributed by atoms with E-state index in [-0.39, 0.29) is 11.5 Å². The first-order valence-electron chi connectivity index (χ1n) is 5.57. The fourth-order valence-electron chi connectivity index (χ4n) is 1.74. The molecule has 0 saturated carbocycles. The van der Waals surface area contributed by atoms with Gasteiger partial charge in [-0.15, -0.1) is 0 Å². The topological polar surface area (TPSA) is 54.7 Å². The Morgan fingerprint density at radius 1 is 1.16 bits per heavy atom. The van der Waals surface area contributed by atoms with Gasteiger partial charge in [-0.05, 0) is 25.1 Å². The number of halogens is 2. The third-order valence-corrected chi connectivity index (χ3v) is 2.64. The van der Waals surface area contributed by atoms with Crippen LogP contribution in [0.2, 0.25) is 0 Å². The lowest BCUT2D eigenvalue weighted by atomic mass is 10.1. The molecule has 0 saturated heterocycles. The summed E-state index contributed by atoms with van der Waals surface area (Å²) in [6, 6.07) is 5.06. The molecule has 0 bridgehead atoms. The Morgan fingerprint density at radius 3 is 2.68 bits per heavy atom. The molecule has 3 aromatic rings. The van der Waals surface area contributed by atoms with Gasteiger partial charge in [-0.25, -0.2) is 13.8 Å². The molecule has 2 aromatic heterocycles. The number of rotatable bonds is 2. The van der Waals surface area contributed by atoms with Gasteiger partial charge in [-0.2, -0.15) is 5.10 Å². The highest BCUT2D eigenvalue weighted by atomic mass is 19.1. The maximum Gasteiger partial charge on any atom is 0.247 e. The molecular weight excluding hydrogens is 252 g/mol. The van der Waals surface area contributed by atoms with Gasteiger partial charge in [-0.1, -0.05) is 0 Å². The van der Waals surface area contributed by atoms with Crippen molar-refractivity contribution in [3.8, 4) is 22.8 Å². The van der Waals surface area contributed by atoms with Crippen LogP contribution in [0.15, 0.2) is 34.9 Å². The van der Waals surface area contributed by atoms with E-state index in [2.05, 4.69) is 15.2 Å². The van der Waals surface area contributed by atoms with Crippen molar-refractivity contribution < 1.29 is 13.2 Å². The molecule has 0 spiro atoms. The van der Waals surface area contributed by atoms with E-state index in [0.29, 0.717) is 11.4 Å². The van der Waals surface area contributed by atoms with Crippen molar-refractivity contribution in [3.05, 3.63) is 47.9 Å². The number of hydrogen-bond donors (Lipinski definition) is 1. The van der Waals surface area contributed by atoms with Gasteiger partial charge in [0.05, 0.1) is 0 Å². The zero-order chi connectivity index (χ0) is 13.4. The number of H-pyrrole nitrogens is 1. The van der Waals surface area contributed by atoms with E-state index in [4.69, 9.17) is 4.42 Å². The maximum atomic E-state index is 13.6. The Kier molecular flexibility index (Phi) is 2.63. The van der Waals surface area contributed by atoms with Crippen LogP contribution in [0.25, 0.3) is 22.8 Å². The molecule has 3 rings (SSSR count). The molecule has 0 atom stereocenters. The van der Waals surface area contributed by atoms with Gasteiger partial charge in [0, 0.05) is 17.3 Å². The van der Waals surface area contributed by atoms with E-state index in [1.165, 1.54) is 18.4 Å². The first-order valence-corrected chi connectivity index (χ1v) is 5.57. The average molecular weight is 261 g/mol. The lowest BCUT2D eigenvalue weighted by Crippen LogP contribution is -1.86. The summed E-state index contributed by atoms with van der Waals surface area (Å²) in [6.07, 6.45) is 1.32. The van der Waals surface area contributed by atoms with Gasteiger partial charge in [0.1, 0.15) is 29.3 Å². The van der Waals surface area contributed by atoms with Gasteiger partial charge >= 0.3 is 0 Å². The number of aromatic nitrogens is 3. The summed E-state index contributed by atoms with van der Waals surface area (Å²) < 4.78 is 31.7. The molecule has 2 heterocycles. The monoisotopic (exact) mass is 261 g/mol.